The third-order valence-electron chi connectivity index (χ3n) is 10.7. The predicted octanol–water partition coefficient (Wildman–Crippen LogP) is 8.80. The average molecular weight is 635 g/mol. The minimum atomic E-state index is -0.196. The highest BCUT2D eigenvalue weighted by Crippen LogP contribution is 2.47. The lowest BCUT2D eigenvalue weighted by Gasteiger charge is -2.35. The molecule has 236 valence electrons. The molecule has 0 saturated heterocycles. The predicted molar refractivity (Wildman–Crippen MR) is 192 cm³/mol. The van der Waals surface area contributed by atoms with E-state index in [9.17, 15) is 0 Å². The van der Waals surface area contributed by atoms with Crippen LogP contribution in [0.1, 0.15) is 49.9 Å². The van der Waals surface area contributed by atoms with E-state index in [-0.39, 0.29) is 10.8 Å². The van der Waals surface area contributed by atoms with Gasteiger partial charge in [0.05, 0.1) is 44.8 Å². The van der Waals surface area contributed by atoms with Crippen LogP contribution < -0.4 is 13.9 Å². The Morgan fingerprint density at radius 1 is 0.469 bits per heavy atom. The van der Waals surface area contributed by atoms with Crippen LogP contribution in [-0.4, -0.2) is 9.13 Å². The summed E-state index contributed by atoms with van der Waals surface area (Å²) < 4.78 is 15.5. The normalized spacial score (nSPS) is 14.9. The lowest BCUT2D eigenvalue weighted by Crippen LogP contribution is -2.29. The average Bonchev–Trinajstić information content (AvgIpc) is 3.71. The van der Waals surface area contributed by atoms with Gasteiger partial charge in [-0.15, -0.1) is 0 Å². The lowest BCUT2D eigenvalue weighted by atomic mass is 9.75. The van der Waals surface area contributed by atoms with Crippen molar-refractivity contribution in [3.8, 4) is 34.2 Å². The smallest absolute Gasteiger partial charge is 0.269 e. The summed E-state index contributed by atoms with van der Waals surface area (Å²) in [6.07, 6.45) is 7.37. The first-order valence-corrected chi connectivity index (χ1v) is 16.9. The zero-order chi connectivity index (χ0) is 33.1. The van der Waals surface area contributed by atoms with Crippen molar-refractivity contribution in [3.05, 3.63) is 168 Å². The van der Waals surface area contributed by atoms with E-state index in [1.165, 1.54) is 33.3 Å². The molecule has 0 unspecified atom stereocenters. The number of hydrogen-bond donors (Lipinski definition) is 0. The molecule has 49 heavy (non-hydrogen) atoms. The molecule has 0 saturated carbocycles. The zero-order valence-electron chi connectivity index (χ0n) is 27.9. The molecule has 0 N–H and O–H groups in total. The second-order valence-electron chi connectivity index (χ2n) is 14.3. The largest absolute Gasteiger partial charge is 0.458 e. The second kappa shape index (κ2) is 9.80. The van der Waals surface area contributed by atoms with Gasteiger partial charge < -0.3 is 4.74 Å². The molecule has 2 aromatic heterocycles. The summed E-state index contributed by atoms with van der Waals surface area (Å²) in [5, 5.41) is 0. The lowest BCUT2D eigenvalue weighted by molar-refractivity contribution is -0.572. The molecule has 0 radical (unpaired) electrons. The number of benzene rings is 6. The molecule has 2 aliphatic heterocycles. The van der Waals surface area contributed by atoms with E-state index in [2.05, 4.69) is 180 Å². The van der Waals surface area contributed by atoms with Gasteiger partial charge in [0.15, 0.2) is 0 Å². The number of aromatic nitrogens is 4. The van der Waals surface area contributed by atoms with Crippen LogP contribution in [0.25, 0.3) is 44.8 Å². The van der Waals surface area contributed by atoms with Gasteiger partial charge in [-0.3, -0.25) is 18.3 Å². The van der Waals surface area contributed by atoms with E-state index in [1.807, 2.05) is 12.1 Å². The van der Waals surface area contributed by atoms with E-state index >= 15 is 0 Å². The summed E-state index contributed by atoms with van der Waals surface area (Å²) in [5.41, 5.74) is 13.6. The van der Waals surface area contributed by atoms with E-state index in [1.54, 1.807) is 0 Å². The van der Waals surface area contributed by atoms with Gasteiger partial charge in [0.25, 0.3) is 12.7 Å². The third-order valence-corrected chi connectivity index (χ3v) is 10.7. The summed E-state index contributed by atoms with van der Waals surface area (Å²) in [6.45, 7) is 9.24. The van der Waals surface area contributed by atoms with Gasteiger partial charge in [-0.1, -0.05) is 113 Å². The molecule has 5 nitrogen and oxygen atoms in total. The minimum absolute atomic E-state index is 0.196. The maximum Gasteiger partial charge on any atom is 0.269 e. The number of ether oxygens (including phenoxy) is 1. The van der Waals surface area contributed by atoms with Crippen LogP contribution in [0.4, 0.5) is 0 Å². The Labute approximate surface area is 285 Å². The monoisotopic (exact) mass is 634 g/mol. The van der Waals surface area contributed by atoms with Crippen LogP contribution in [0.3, 0.4) is 0 Å². The van der Waals surface area contributed by atoms with Crippen LogP contribution >= 0.6 is 0 Å². The van der Waals surface area contributed by atoms with Crippen molar-refractivity contribution in [2.24, 2.45) is 0 Å². The first kappa shape index (κ1) is 28.1. The van der Waals surface area contributed by atoms with Crippen LogP contribution in [0.2, 0.25) is 0 Å². The molecule has 0 amide bonds. The van der Waals surface area contributed by atoms with Crippen LogP contribution in [0, 0.1) is 12.7 Å². The van der Waals surface area contributed by atoms with E-state index in [0.717, 1.165) is 45.3 Å². The van der Waals surface area contributed by atoms with Gasteiger partial charge >= 0.3 is 0 Å². The molecule has 0 bridgehead atoms. The topological polar surface area (TPSA) is 26.8 Å². The first-order valence-electron chi connectivity index (χ1n) is 16.9. The van der Waals surface area contributed by atoms with E-state index in [4.69, 9.17) is 4.74 Å². The number of rotatable bonds is 4. The number of imidazole rings is 2. The molecule has 2 aliphatic rings. The van der Waals surface area contributed by atoms with Crippen molar-refractivity contribution in [2.45, 2.75) is 38.5 Å². The number of hydrogen-bond acceptors (Lipinski definition) is 1. The van der Waals surface area contributed by atoms with Crippen LogP contribution in [0.15, 0.2) is 133 Å². The quantitative estimate of drug-likeness (QED) is 0.140. The van der Waals surface area contributed by atoms with Gasteiger partial charge in [0.1, 0.15) is 11.5 Å². The number of para-hydroxylation sites is 4. The fourth-order valence-electron chi connectivity index (χ4n) is 8.21. The van der Waals surface area contributed by atoms with Crippen molar-refractivity contribution < 1.29 is 13.9 Å². The van der Waals surface area contributed by atoms with Crippen molar-refractivity contribution in [1.82, 2.24) is 9.13 Å². The summed E-state index contributed by atoms with van der Waals surface area (Å²) in [6, 6.07) is 47.1. The van der Waals surface area contributed by atoms with Crippen molar-refractivity contribution in [2.75, 3.05) is 0 Å². The van der Waals surface area contributed by atoms with Crippen LogP contribution in [0.5, 0.6) is 11.5 Å². The molecule has 0 atom stereocenters. The molecule has 4 heterocycles. The Morgan fingerprint density at radius 3 is 1.33 bits per heavy atom. The molecule has 0 spiro atoms. The third kappa shape index (κ3) is 3.87. The van der Waals surface area contributed by atoms with Gasteiger partial charge in [0.2, 0.25) is 0 Å². The number of fused-ring (bicyclic) bond motifs is 4. The SMILES string of the molecule is CC1(C)c2ccc(Oc3ccc4c(c3)-n3[c-][n+](-c5ccccc5)c5cccc(c53)C4(C)C)cc2-n2[c-][n+](-c3ccccc3)c3cccc1c32. The fraction of sp³-hybridized carbons (Fsp3) is 0.136. The summed E-state index contributed by atoms with van der Waals surface area (Å²) >= 11 is 0. The molecular weight excluding hydrogens is 601 g/mol. The maximum absolute atomic E-state index is 6.73. The van der Waals surface area contributed by atoms with Crippen molar-refractivity contribution in [3.63, 3.8) is 0 Å². The molecule has 0 aliphatic carbocycles. The number of nitrogens with zero attached hydrogens (tertiary/aromatic N) is 4. The molecule has 10 rings (SSSR count). The van der Waals surface area contributed by atoms with E-state index in [0.29, 0.717) is 0 Å². The van der Waals surface area contributed by atoms with Gasteiger partial charge in [-0.2, -0.15) is 0 Å². The van der Waals surface area contributed by atoms with Crippen molar-refractivity contribution >= 4 is 22.1 Å². The molecule has 5 heteroatoms. The van der Waals surface area contributed by atoms with E-state index < -0.39 is 0 Å². The highest BCUT2D eigenvalue weighted by Gasteiger charge is 2.36. The standard InChI is InChI=1S/C44H34N4O/c1-43(2)33-23-21-31(25-39(33)47-27-45(29-13-7-5-8-14-29)37-19-11-17-35(43)41(37)47)49-32-22-24-34-40(26-32)48-28-46(30-15-9-6-10-16-30)38-20-12-18-36(42(38)48)44(34,3)4/h5-26H,1-4H3. The van der Waals surface area contributed by atoms with Gasteiger partial charge in [-0.05, 0) is 70.8 Å². The molecular formula is C44H34N4O. The summed E-state index contributed by atoms with van der Waals surface area (Å²) in [7, 11) is 0. The molecule has 0 fully saturated rings. The van der Waals surface area contributed by atoms with Gasteiger partial charge in [-0.25, -0.2) is 0 Å². The Balaban J connectivity index is 1.10. The first-order chi connectivity index (χ1) is 23.8. The zero-order valence-corrected chi connectivity index (χ0v) is 27.9. The highest BCUT2D eigenvalue weighted by molar-refractivity contribution is 5.85. The summed E-state index contributed by atoms with van der Waals surface area (Å²) in [4.78, 5) is 0. The Bertz CT molecular complexity index is 2440. The minimum Gasteiger partial charge on any atom is -0.458 e. The molecule has 6 aromatic carbocycles. The molecule has 8 aromatic rings. The van der Waals surface area contributed by atoms with Crippen LogP contribution in [-0.2, 0) is 10.8 Å². The Kier molecular flexibility index (Phi) is 5.62. The Morgan fingerprint density at radius 2 is 0.898 bits per heavy atom. The van der Waals surface area contributed by atoms with Crippen molar-refractivity contribution in [1.29, 1.82) is 0 Å². The Hall–Kier alpha value is -5.94. The highest BCUT2D eigenvalue weighted by atomic mass is 16.5. The maximum atomic E-state index is 6.73. The fourth-order valence-corrected chi connectivity index (χ4v) is 8.21. The summed E-state index contributed by atoms with van der Waals surface area (Å²) in [5.74, 6) is 1.57. The van der Waals surface area contributed by atoms with Gasteiger partial charge in [0, 0.05) is 10.8 Å². The second-order valence-corrected chi connectivity index (χ2v) is 14.3.